The second-order valence-corrected chi connectivity index (χ2v) is 17.7. The van der Waals surface area contributed by atoms with Gasteiger partial charge in [0.2, 0.25) is 0 Å². The van der Waals surface area contributed by atoms with Crippen molar-refractivity contribution >= 4 is 17.9 Å². The van der Waals surface area contributed by atoms with Crippen LogP contribution in [-0.2, 0) is 28.6 Å². The van der Waals surface area contributed by atoms with Gasteiger partial charge in [0.05, 0.1) is 0 Å². The van der Waals surface area contributed by atoms with Crippen LogP contribution < -0.4 is 0 Å². The average Bonchev–Trinajstić information content (AvgIpc) is 3.29. The van der Waals surface area contributed by atoms with Gasteiger partial charge in [0.15, 0.2) is 6.10 Å². The molecule has 0 rings (SSSR count). The summed E-state index contributed by atoms with van der Waals surface area (Å²) in [6.07, 6.45) is 66.2. The van der Waals surface area contributed by atoms with Crippen LogP contribution in [0.3, 0.4) is 0 Å². The van der Waals surface area contributed by atoms with E-state index in [0.717, 1.165) is 83.5 Å². The van der Waals surface area contributed by atoms with Crippen LogP contribution in [0, 0.1) is 0 Å². The molecule has 0 aliphatic carbocycles. The van der Waals surface area contributed by atoms with Gasteiger partial charge >= 0.3 is 17.9 Å². The Kier molecular flexibility index (Phi) is 49.9. The molecular formula is C58H100O6. The maximum absolute atomic E-state index is 12.8. The van der Waals surface area contributed by atoms with Crippen LogP contribution >= 0.6 is 0 Å². The normalized spacial score (nSPS) is 12.6. The Morgan fingerprint density at radius 3 is 1.08 bits per heavy atom. The maximum atomic E-state index is 12.8. The number of carbonyl (C=O) groups excluding carboxylic acids is 3. The van der Waals surface area contributed by atoms with Crippen molar-refractivity contribution in [2.75, 3.05) is 13.2 Å². The van der Waals surface area contributed by atoms with E-state index in [1.807, 2.05) is 6.08 Å². The zero-order valence-corrected chi connectivity index (χ0v) is 42.0. The number of hydrogen-bond acceptors (Lipinski definition) is 6. The highest BCUT2D eigenvalue weighted by molar-refractivity contribution is 5.71. The summed E-state index contributed by atoms with van der Waals surface area (Å²) in [4.78, 5) is 38.0. The fraction of sp³-hybridized carbons (Fsp3) is 0.741. The SMILES string of the molecule is CC/C=C\C/C=C\C/C=C\CCCCCCCCCCCC(=O)OCC(COC(=O)CC/C=C\C/C=C\CCCCCCCC)OC(=O)CCCCC/C=C\CCCCCCCCC. The highest BCUT2D eigenvalue weighted by Crippen LogP contribution is 2.14. The zero-order valence-electron chi connectivity index (χ0n) is 42.0. The first kappa shape index (κ1) is 60.9. The average molecular weight is 893 g/mol. The van der Waals surface area contributed by atoms with Crippen LogP contribution in [0.25, 0.3) is 0 Å². The summed E-state index contributed by atoms with van der Waals surface area (Å²) >= 11 is 0. The molecule has 0 N–H and O–H groups in total. The van der Waals surface area contributed by atoms with Crippen molar-refractivity contribution in [1.29, 1.82) is 0 Å². The van der Waals surface area contributed by atoms with Crippen molar-refractivity contribution in [2.45, 2.75) is 264 Å². The molecule has 0 saturated carbocycles. The second kappa shape index (κ2) is 52.5. The molecule has 0 spiro atoms. The van der Waals surface area contributed by atoms with Gasteiger partial charge in [-0.05, 0) is 96.3 Å². The Labute approximate surface area is 395 Å². The number of ether oxygens (including phenoxy) is 3. The maximum Gasteiger partial charge on any atom is 0.306 e. The molecule has 368 valence electrons. The molecule has 1 atom stereocenters. The highest BCUT2D eigenvalue weighted by Gasteiger charge is 2.19. The van der Waals surface area contributed by atoms with E-state index in [0.29, 0.717) is 19.3 Å². The van der Waals surface area contributed by atoms with E-state index in [1.165, 1.54) is 128 Å². The molecule has 0 aliphatic heterocycles. The van der Waals surface area contributed by atoms with Crippen molar-refractivity contribution in [1.82, 2.24) is 0 Å². The molecule has 0 aromatic heterocycles. The Hall–Kier alpha value is -3.15. The lowest BCUT2D eigenvalue weighted by molar-refractivity contribution is -0.166. The Morgan fingerprint density at radius 1 is 0.328 bits per heavy atom. The fourth-order valence-electron chi connectivity index (χ4n) is 7.39. The van der Waals surface area contributed by atoms with E-state index in [2.05, 4.69) is 87.6 Å². The first-order valence-corrected chi connectivity index (χ1v) is 26.9. The molecule has 1 unspecified atom stereocenters. The zero-order chi connectivity index (χ0) is 46.5. The Morgan fingerprint density at radius 2 is 0.641 bits per heavy atom. The van der Waals surface area contributed by atoms with Crippen molar-refractivity contribution in [3.63, 3.8) is 0 Å². The second-order valence-electron chi connectivity index (χ2n) is 17.7. The van der Waals surface area contributed by atoms with Crippen LogP contribution in [0.1, 0.15) is 258 Å². The number of carbonyl (C=O) groups is 3. The number of unbranched alkanes of at least 4 members (excludes halogenated alkanes) is 25. The van der Waals surface area contributed by atoms with Crippen molar-refractivity contribution in [3.05, 3.63) is 72.9 Å². The van der Waals surface area contributed by atoms with Gasteiger partial charge in [0, 0.05) is 19.3 Å². The number of hydrogen-bond donors (Lipinski definition) is 0. The van der Waals surface area contributed by atoms with Crippen LogP contribution in [0.5, 0.6) is 0 Å². The van der Waals surface area contributed by atoms with Crippen molar-refractivity contribution in [2.24, 2.45) is 0 Å². The van der Waals surface area contributed by atoms with Gasteiger partial charge in [-0.3, -0.25) is 14.4 Å². The molecule has 0 aromatic rings. The summed E-state index contributed by atoms with van der Waals surface area (Å²) in [5.41, 5.74) is 0. The molecule has 64 heavy (non-hydrogen) atoms. The lowest BCUT2D eigenvalue weighted by Crippen LogP contribution is -2.30. The summed E-state index contributed by atoms with van der Waals surface area (Å²) in [6.45, 7) is 6.45. The lowest BCUT2D eigenvalue weighted by atomic mass is 10.1. The van der Waals surface area contributed by atoms with Gasteiger partial charge in [0.1, 0.15) is 13.2 Å². The van der Waals surface area contributed by atoms with E-state index in [1.54, 1.807) is 0 Å². The molecule has 0 saturated heterocycles. The largest absolute Gasteiger partial charge is 0.462 e. The van der Waals surface area contributed by atoms with Gasteiger partial charge in [-0.1, -0.05) is 216 Å². The monoisotopic (exact) mass is 893 g/mol. The van der Waals surface area contributed by atoms with E-state index >= 15 is 0 Å². The summed E-state index contributed by atoms with van der Waals surface area (Å²) in [6, 6.07) is 0. The molecule has 0 aromatic carbocycles. The molecule has 0 fully saturated rings. The Bertz CT molecular complexity index is 1210. The third-order valence-corrected chi connectivity index (χ3v) is 11.4. The first-order valence-electron chi connectivity index (χ1n) is 26.9. The minimum absolute atomic E-state index is 0.101. The van der Waals surface area contributed by atoms with Crippen LogP contribution in [-0.4, -0.2) is 37.2 Å². The third kappa shape index (κ3) is 49.9. The van der Waals surface area contributed by atoms with E-state index < -0.39 is 6.10 Å². The quantitative estimate of drug-likeness (QED) is 0.0262. The van der Waals surface area contributed by atoms with Gasteiger partial charge in [0.25, 0.3) is 0 Å². The van der Waals surface area contributed by atoms with Gasteiger partial charge in [-0.15, -0.1) is 0 Å². The smallest absolute Gasteiger partial charge is 0.306 e. The van der Waals surface area contributed by atoms with Gasteiger partial charge < -0.3 is 14.2 Å². The molecule has 0 amide bonds. The topological polar surface area (TPSA) is 78.9 Å². The van der Waals surface area contributed by atoms with Crippen molar-refractivity contribution < 1.29 is 28.6 Å². The molecule has 6 heteroatoms. The van der Waals surface area contributed by atoms with E-state index in [-0.39, 0.29) is 37.5 Å². The van der Waals surface area contributed by atoms with Crippen molar-refractivity contribution in [3.8, 4) is 0 Å². The highest BCUT2D eigenvalue weighted by atomic mass is 16.6. The molecule has 0 aliphatic rings. The Balaban J connectivity index is 4.42. The van der Waals surface area contributed by atoms with Crippen LogP contribution in [0.4, 0.5) is 0 Å². The summed E-state index contributed by atoms with van der Waals surface area (Å²) in [7, 11) is 0. The predicted molar refractivity (Wildman–Crippen MR) is 274 cm³/mol. The molecular weight excluding hydrogens is 793 g/mol. The lowest BCUT2D eigenvalue weighted by Gasteiger charge is -2.18. The fourth-order valence-corrected chi connectivity index (χ4v) is 7.39. The van der Waals surface area contributed by atoms with Gasteiger partial charge in [-0.2, -0.15) is 0 Å². The molecule has 6 nitrogen and oxygen atoms in total. The standard InChI is InChI=1S/C58H100O6/c1-4-7-10-13-16-19-22-25-27-28-29-30-31-34-36-39-42-45-48-51-57(60)63-54-55(53-62-56(59)50-47-44-41-38-35-32-24-21-18-15-12-9-6-3)64-58(61)52-49-46-43-40-37-33-26-23-20-17-14-11-8-5-2/h7,10,16,19,25,27,32-33,35,37,41,44,55H,4-6,8-9,11-15,17-18,20-24,26,28-31,34,36,38-40,42-43,45-54H2,1-3H3/b10-7-,19-16-,27-25-,35-32-,37-33-,44-41-. The van der Waals surface area contributed by atoms with Gasteiger partial charge in [-0.25, -0.2) is 0 Å². The molecule has 0 radical (unpaired) electrons. The summed E-state index contributed by atoms with van der Waals surface area (Å²) < 4.78 is 16.7. The van der Waals surface area contributed by atoms with E-state index in [4.69, 9.17) is 14.2 Å². The molecule has 0 heterocycles. The number of esters is 3. The first-order chi connectivity index (χ1) is 31.5. The number of allylic oxidation sites excluding steroid dienone is 12. The minimum Gasteiger partial charge on any atom is -0.462 e. The van der Waals surface area contributed by atoms with Crippen LogP contribution in [0.2, 0.25) is 0 Å². The summed E-state index contributed by atoms with van der Waals surface area (Å²) in [5.74, 6) is -0.989. The minimum atomic E-state index is -0.807. The third-order valence-electron chi connectivity index (χ3n) is 11.4. The molecule has 0 bridgehead atoms. The predicted octanol–water partition coefficient (Wildman–Crippen LogP) is 17.8. The number of rotatable bonds is 48. The summed E-state index contributed by atoms with van der Waals surface area (Å²) in [5, 5.41) is 0. The van der Waals surface area contributed by atoms with E-state index in [9.17, 15) is 14.4 Å². The van der Waals surface area contributed by atoms with Crippen LogP contribution in [0.15, 0.2) is 72.9 Å².